The molecule has 196 valence electrons. The Bertz CT molecular complexity index is 1410. The lowest BCUT2D eigenvalue weighted by atomic mass is 9.89. The number of hydrogen-bond donors (Lipinski definition) is 1. The number of hydrogen-bond acceptors (Lipinski definition) is 5. The second-order valence-corrected chi connectivity index (χ2v) is 12.0. The molecule has 1 N–H and O–H groups in total. The summed E-state index contributed by atoms with van der Waals surface area (Å²) in [6, 6.07) is 17.3. The van der Waals surface area contributed by atoms with E-state index in [2.05, 4.69) is 5.32 Å². The van der Waals surface area contributed by atoms with Crippen LogP contribution in [0.1, 0.15) is 48.6 Å². The smallest absolute Gasteiger partial charge is 0.264 e. The molecule has 7 nitrogen and oxygen atoms in total. The zero-order valence-corrected chi connectivity index (χ0v) is 23.0. The minimum Gasteiger partial charge on any atom is -0.497 e. The molecular weight excluding hydrogens is 488 g/mol. The van der Waals surface area contributed by atoms with Crippen LogP contribution in [0.15, 0.2) is 65.6 Å². The highest BCUT2D eigenvalue weighted by Gasteiger charge is 2.36. The summed E-state index contributed by atoms with van der Waals surface area (Å²) >= 11 is 0. The second kappa shape index (κ2) is 10.1. The van der Waals surface area contributed by atoms with Crippen LogP contribution in [-0.4, -0.2) is 33.6 Å². The van der Waals surface area contributed by atoms with E-state index in [0.717, 1.165) is 22.3 Å². The van der Waals surface area contributed by atoms with Gasteiger partial charge in [0.15, 0.2) is 0 Å². The minimum atomic E-state index is -4.01. The average molecular weight is 523 g/mol. The molecule has 1 atom stereocenters. The molecule has 37 heavy (non-hydrogen) atoms. The van der Waals surface area contributed by atoms with Gasteiger partial charge in [-0.25, -0.2) is 8.42 Å². The van der Waals surface area contributed by atoms with E-state index in [4.69, 9.17) is 9.47 Å². The topological polar surface area (TPSA) is 84.9 Å². The number of anilines is 1. The normalized spacial score (nSPS) is 16.3. The number of benzene rings is 3. The highest BCUT2D eigenvalue weighted by atomic mass is 32.2. The van der Waals surface area contributed by atoms with Gasteiger partial charge in [0, 0.05) is 18.1 Å². The van der Waals surface area contributed by atoms with Crippen LogP contribution in [0, 0.1) is 20.8 Å². The number of ether oxygens (including phenoxy) is 2. The second-order valence-electron chi connectivity index (χ2n) is 10.1. The van der Waals surface area contributed by atoms with Gasteiger partial charge in [0.05, 0.1) is 23.7 Å². The Morgan fingerprint density at radius 1 is 1.08 bits per heavy atom. The van der Waals surface area contributed by atoms with Crippen molar-refractivity contribution >= 4 is 21.6 Å². The van der Waals surface area contributed by atoms with Crippen LogP contribution in [0.4, 0.5) is 5.69 Å². The zero-order valence-electron chi connectivity index (χ0n) is 22.2. The molecular formula is C29H34N2O5S. The number of aryl methyl sites for hydroxylation is 2. The van der Waals surface area contributed by atoms with Gasteiger partial charge >= 0.3 is 0 Å². The number of rotatable bonds is 7. The van der Waals surface area contributed by atoms with Crippen molar-refractivity contribution in [1.82, 2.24) is 5.32 Å². The molecule has 0 fully saturated rings. The Hall–Kier alpha value is -3.52. The third kappa shape index (κ3) is 5.59. The highest BCUT2D eigenvalue weighted by Crippen LogP contribution is 2.41. The van der Waals surface area contributed by atoms with Crippen molar-refractivity contribution in [3.05, 3.63) is 82.9 Å². The van der Waals surface area contributed by atoms with E-state index >= 15 is 0 Å². The molecule has 0 aromatic heterocycles. The maximum atomic E-state index is 13.8. The number of sulfonamides is 1. The van der Waals surface area contributed by atoms with Crippen molar-refractivity contribution in [3.8, 4) is 11.5 Å². The Kier molecular flexibility index (Phi) is 7.24. The quantitative estimate of drug-likeness (QED) is 0.459. The molecule has 0 radical (unpaired) electrons. The van der Waals surface area contributed by atoms with E-state index in [1.807, 2.05) is 52.8 Å². The molecule has 3 aromatic rings. The van der Waals surface area contributed by atoms with Crippen LogP contribution in [-0.2, 0) is 14.8 Å². The Morgan fingerprint density at radius 3 is 2.46 bits per heavy atom. The van der Waals surface area contributed by atoms with Crippen molar-refractivity contribution < 1.29 is 22.7 Å². The predicted molar refractivity (Wildman–Crippen MR) is 145 cm³/mol. The van der Waals surface area contributed by atoms with Gasteiger partial charge in [-0.15, -0.1) is 0 Å². The molecule has 0 aliphatic carbocycles. The molecule has 1 aliphatic heterocycles. The van der Waals surface area contributed by atoms with Crippen LogP contribution in [0.25, 0.3) is 0 Å². The fraction of sp³-hybridized carbons (Fsp3) is 0.345. The van der Waals surface area contributed by atoms with Crippen LogP contribution in [0.2, 0.25) is 0 Å². The van der Waals surface area contributed by atoms with Crippen molar-refractivity contribution in [2.75, 3.05) is 18.0 Å². The summed E-state index contributed by atoms with van der Waals surface area (Å²) in [5.41, 5.74) is 3.47. The Morgan fingerprint density at radius 2 is 1.78 bits per heavy atom. The summed E-state index contributed by atoms with van der Waals surface area (Å²) in [5.74, 6) is 0.896. The maximum absolute atomic E-state index is 13.8. The first kappa shape index (κ1) is 26.5. The van der Waals surface area contributed by atoms with Crippen LogP contribution in [0.5, 0.6) is 11.5 Å². The van der Waals surface area contributed by atoms with E-state index in [-0.39, 0.29) is 17.5 Å². The van der Waals surface area contributed by atoms with E-state index in [1.54, 1.807) is 49.6 Å². The molecule has 1 heterocycles. The summed E-state index contributed by atoms with van der Waals surface area (Å²) in [7, 11) is -2.42. The lowest BCUT2D eigenvalue weighted by Gasteiger charge is -2.38. The third-order valence-corrected chi connectivity index (χ3v) is 8.53. The first-order valence-corrected chi connectivity index (χ1v) is 13.7. The molecule has 0 saturated heterocycles. The van der Waals surface area contributed by atoms with Crippen molar-refractivity contribution in [1.29, 1.82) is 0 Å². The van der Waals surface area contributed by atoms with Gasteiger partial charge in [0.2, 0.25) is 5.91 Å². The summed E-state index contributed by atoms with van der Waals surface area (Å²) in [6.45, 7) is 9.24. The number of nitrogens with zero attached hydrogens (tertiary/aromatic N) is 1. The van der Waals surface area contributed by atoms with Gasteiger partial charge < -0.3 is 14.8 Å². The molecule has 0 bridgehead atoms. The number of amides is 1. The summed E-state index contributed by atoms with van der Waals surface area (Å²) in [5, 5.41) is 3.07. The van der Waals surface area contributed by atoms with Crippen LogP contribution >= 0.6 is 0 Å². The van der Waals surface area contributed by atoms with Crippen molar-refractivity contribution in [2.45, 2.75) is 57.6 Å². The highest BCUT2D eigenvalue weighted by molar-refractivity contribution is 7.92. The molecule has 1 amide bonds. The summed E-state index contributed by atoms with van der Waals surface area (Å²) in [6.07, 6.45) is 0.534. The van der Waals surface area contributed by atoms with Gasteiger partial charge in [-0.05, 0) is 76.1 Å². The van der Waals surface area contributed by atoms with Crippen molar-refractivity contribution in [3.63, 3.8) is 0 Å². The lowest BCUT2D eigenvalue weighted by molar-refractivity contribution is -0.120. The molecule has 1 aliphatic rings. The molecule has 4 rings (SSSR count). The summed E-state index contributed by atoms with van der Waals surface area (Å²) < 4.78 is 40.3. The Balaban J connectivity index is 1.68. The monoisotopic (exact) mass is 522 g/mol. The molecule has 0 spiro atoms. The largest absolute Gasteiger partial charge is 0.497 e. The first-order valence-electron chi connectivity index (χ1n) is 12.2. The van der Waals surface area contributed by atoms with Gasteiger partial charge in [-0.2, -0.15) is 0 Å². The average Bonchev–Trinajstić information content (AvgIpc) is 2.83. The number of carbonyl (C=O) groups is 1. The first-order chi connectivity index (χ1) is 17.4. The van der Waals surface area contributed by atoms with Gasteiger partial charge in [-0.3, -0.25) is 9.10 Å². The molecule has 0 saturated carbocycles. The predicted octanol–water partition coefficient (Wildman–Crippen LogP) is 5.23. The summed E-state index contributed by atoms with van der Waals surface area (Å²) in [4.78, 5) is 13.6. The number of fused-ring (bicyclic) bond motifs is 1. The SMILES string of the molecule is COc1ccc2c(c1)OC(C)(C)CC2NC(=O)CN(c1cccc(C)c1C)S(=O)(=O)c1ccc(C)cc1. The lowest BCUT2D eigenvalue weighted by Crippen LogP contribution is -2.45. The van der Waals surface area contributed by atoms with E-state index in [1.165, 1.54) is 4.31 Å². The van der Waals surface area contributed by atoms with Gasteiger partial charge in [0.25, 0.3) is 10.0 Å². The minimum absolute atomic E-state index is 0.136. The van der Waals surface area contributed by atoms with Gasteiger partial charge in [-0.1, -0.05) is 29.8 Å². The molecule has 1 unspecified atom stereocenters. The van der Waals surface area contributed by atoms with E-state index < -0.39 is 21.5 Å². The number of nitrogens with one attached hydrogen (secondary N) is 1. The maximum Gasteiger partial charge on any atom is 0.264 e. The van der Waals surface area contributed by atoms with E-state index in [9.17, 15) is 13.2 Å². The standard InChI is InChI=1S/C29H34N2O5S/c1-19-10-13-23(14-11-19)37(33,34)31(26-9-7-8-20(2)21(26)3)18-28(32)30-25-17-29(4,5)36-27-16-22(35-6)12-15-24(25)27/h7-16,25H,17-18H2,1-6H3,(H,30,32). The number of carbonyl (C=O) groups excluding carboxylic acids is 1. The van der Waals surface area contributed by atoms with Crippen LogP contribution < -0.4 is 19.1 Å². The molecule has 8 heteroatoms. The van der Waals surface area contributed by atoms with Crippen LogP contribution in [0.3, 0.4) is 0 Å². The Labute approximate surface area is 219 Å². The van der Waals surface area contributed by atoms with E-state index in [0.29, 0.717) is 23.6 Å². The van der Waals surface area contributed by atoms with Gasteiger partial charge in [0.1, 0.15) is 23.6 Å². The van der Waals surface area contributed by atoms with Crippen molar-refractivity contribution in [2.24, 2.45) is 0 Å². The molecule has 3 aromatic carbocycles. The zero-order chi connectivity index (χ0) is 27.0. The third-order valence-electron chi connectivity index (χ3n) is 6.75. The fourth-order valence-electron chi connectivity index (χ4n) is 4.60. The fourth-order valence-corrected chi connectivity index (χ4v) is 6.08. The number of methoxy groups -OCH3 is 1.